The third kappa shape index (κ3) is 2.26. The van der Waals surface area contributed by atoms with E-state index in [1.165, 1.54) is 12.1 Å². The number of amides is 1. The minimum absolute atomic E-state index is 0.0463. The zero-order chi connectivity index (χ0) is 14.1. The van der Waals surface area contributed by atoms with Gasteiger partial charge in [-0.1, -0.05) is 30.3 Å². The van der Waals surface area contributed by atoms with Gasteiger partial charge in [-0.05, 0) is 29.3 Å². The van der Waals surface area contributed by atoms with E-state index in [1.54, 1.807) is 12.1 Å². The molecule has 2 aromatic carbocycles. The summed E-state index contributed by atoms with van der Waals surface area (Å²) in [6, 6.07) is 13.4. The van der Waals surface area contributed by atoms with Gasteiger partial charge in [0.15, 0.2) is 0 Å². The van der Waals surface area contributed by atoms with E-state index < -0.39 is 12.1 Å². The summed E-state index contributed by atoms with van der Waals surface area (Å²) in [6.07, 6.45) is -0.0742. The van der Waals surface area contributed by atoms with Crippen LogP contribution in [0.25, 0.3) is 0 Å². The highest BCUT2D eigenvalue weighted by Crippen LogP contribution is 2.31. The molecule has 1 aliphatic rings. The Morgan fingerprint density at radius 1 is 1.15 bits per heavy atom. The Bertz CT molecular complexity index is 654. The van der Waals surface area contributed by atoms with Gasteiger partial charge in [0.2, 0.25) is 0 Å². The van der Waals surface area contributed by atoms with E-state index >= 15 is 0 Å². The molecule has 0 fully saturated rings. The number of aliphatic hydroxyl groups excluding tert-OH is 1. The van der Waals surface area contributed by atoms with Crippen molar-refractivity contribution < 1.29 is 15.0 Å². The molecule has 3 rings (SSSR count). The first-order valence-corrected chi connectivity index (χ1v) is 6.51. The molecule has 3 N–H and O–H groups in total. The van der Waals surface area contributed by atoms with Crippen molar-refractivity contribution in [3.8, 4) is 5.75 Å². The van der Waals surface area contributed by atoms with Crippen LogP contribution in [-0.4, -0.2) is 22.2 Å². The number of aromatic hydroxyl groups is 1. The van der Waals surface area contributed by atoms with Crippen LogP contribution in [-0.2, 0) is 6.42 Å². The maximum Gasteiger partial charge on any atom is 0.251 e. The van der Waals surface area contributed by atoms with Crippen LogP contribution < -0.4 is 5.32 Å². The van der Waals surface area contributed by atoms with Gasteiger partial charge in [0.05, 0.1) is 12.1 Å². The predicted octanol–water partition coefficient (Wildman–Crippen LogP) is 1.78. The van der Waals surface area contributed by atoms with Crippen LogP contribution in [0.15, 0.2) is 48.5 Å². The van der Waals surface area contributed by atoms with Gasteiger partial charge in [0, 0.05) is 12.0 Å². The maximum absolute atomic E-state index is 12.2. The van der Waals surface area contributed by atoms with E-state index in [9.17, 15) is 15.0 Å². The highest BCUT2D eigenvalue weighted by atomic mass is 16.3. The van der Waals surface area contributed by atoms with Crippen LogP contribution in [0.3, 0.4) is 0 Å². The lowest BCUT2D eigenvalue weighted by atomic mass is 10.1. The molecular formula is C16H15NO3. The largest absolute Gasteiger partial charge is 0.508 e. The minimum Gasteiger partial charge on any atom is -0.508 e. The van der Waals surface area contributed by atoms with Crippen LogP contribution >= 0.6 is 0 Å². The van der Waals surface area contributed by atoms with E-state index in [0.717, 1.165) is 11.1 Å². The summed E-state index contributed by atoms with van der Waals surface area (Å²) in [5.74, 6) is -0.258. The molecule has 0 aromatic heterocycles. The molecule has 0 aliphatic heterocycles. The van der Waals surface area contributed by atoms with Gasteiger partial charge < -0.3 is 15.5 Å². The molecule has 0 unspecified atom stereocenters. The number of hydrogen-bond acceptors (Lipinski definition) is 3. The van der Waals surface area contributed by atoms with Gasteiger partial charge in [0.1, 0.15) is 5.75 Å². The molecule has 1 amide bonds. The molecule has 0 saturated heterocycles. The molecule has 102 valence electrons. The second-order valence-electron chi connectivity index (χ2n) is 4.97. The number of carbonyl (C=O) groups is 1. The number of hydrogen-bond donors (Lipinski definition) is 3. The van der Waals surface area contributed by atoms with E-state index in [0.29, 0.717) is 12.0 Å². The lowest BCUT2D eigenvalue weighted by molar-refractivity contribution is 0.0858. The molecule has 4 nitrogen and oxygen atoms in total. The first-order valence-electron chi connectivity index (χ1n) is 6.51. The minimum atomic E-state index is -0.617. The fraction of sp³-hybridized carbons (Fsp3) is 0.188. The zero-order valence-electron chi connectivity index (χ0n) is 10.8. The smallest absolute Gasteiger partial charge is 0.251 e. The van der Waals surface area contributed by atoms with Crippen LogP contribution in [0.4, 0.5) is 0 Å². The number of nitrogens with one attached hydrogen (secondary N) is 1. The Balaban J connectivity index is 1.83. The van der Waals surface area contributed by atoms with E-state index in [2.05, 4.69) is 5.32 Å². The summed E-state index contributed by atoms with van der Waals surface area (Å²) in [5, 5.41) is 22.3. The lowest BCUT2D eigenvalue weighted by Crippen LogP contribution is -2.33. The van der Waals surface area contributed by atoms with Gasteiger partial charge in [-0.3, -0.25) is 4.79 Å². The van der Waals surface area contributed by atoms with Crippen LogP contribution in [0.5, 0.6) is 5.75 Å². The highest BCUT2D eigenvalue weighted by molar-refractivity contribution is 5.94. The van der Waals surface area contributed by atoms with Crippen LogP contribution in [0.2, 0.25) is 0 Å². The Hall–Kier alpha value is -2.33. The number of rotatable bonds is 2. The fourth-order valence-corrected chi connectivity index (χ4v) is 2.62. The molecule has 2 aromatic rings. The first kappa shape index (κ1) is 12.7. The molecule has 1 aliphatic carbocycles. The molecule has 0 radical (unpaired) electrons. The third-order valence-electron chi connectivity index (χ3n) is 3.60. The van der Waals surface area contributed by atoms with Crippen molar-refractivity contribution in [1.29, 1.82) is 0 Å². The van der Waals surface area contributed by atoms with Crippen LogP contribution in [0, 0.1) is 0 Å². The standard InChI is InChI=1S/C16H15NO3/c18-12-6-3-5-11(8-12)16(20)17-15-13-7-2-1-4-10(13)9-14(15)19/h1-8,14-15,18-19H,9H2,(H,17,20)/t14-,15+/m0/s1. The number of aliphatic hydroxyl groups is 1. The molecule has 4 heteroatoms. The summed E-state index contributed by atoms with van der Waals surface area (Å²) >= 11 is 0. The number of phenols is 1. The normalized spacial score (nSPS) is 20.4. The van der Waals surface area contributed by atoms with E-state index in [1.807, 2.05) is 24.3 Å². The van der Waals surface area contributed by atoms with Gasteiger partial charge in [-0.2, -0.15) is 0 Å². The van der Waals surface area contributed by atoms with Crippen molar-refractivity contribution in [3.63, 3.8) is 0 Å². The Labute approximate surface area is 116 Å². The highest BCUT2D eigenvalue weighted by Gasteiger charge is 2.31. The van der Waals surface area contributed by atoms with Gasteiger partial charge in [-0.15, -0.1) is 0 Å². The van der Waals surface area contributed by atoms with Crippen LogP contribution in [0.1, 0.15) is 27.5 Å². The molecule has 0 saturated carbocycles. The second kappa shape index (κ2) is 4.98. The third-order valence-corrected chi connectivity index (χ3v) is 3.60. The number of fused-ring (bicyclic) bond motifs is 1. The van der Waals surface area contributed by atoms with Gasteiger partial charge in [0.25, 0.3) is 5.91 Å². The Morgan fingerprint density at radius 2 is 1.95 bits per heavy atom. The van der Waals surface area contributed by atoms with Crippen molar-refractivity contribution in [3.05, 3.63) is 65.2 Å². The molecule has 2 atom stereocenters. The van der Waals surface area contributed by atoms with Crippen molar-refractivity contribution >= 4 is 5.91 Å². The molecule has 20 heavy (non-hydrogen) atoms. The van der Waals surface area contributed by atoms with Crippen molar-refractivity contribution in [2.45, 2.75) is 18.6 Å². The van der Waals surface area contributed by atoms with Crippen molar-refractivity contribution in [1.82, 2.24) is 5.32 Å². The predicted molar refractivity (Wildman–Crippen MR) is 74.5 cm³/mol. The second-order valence-corrected chi connectivity index (χ2v) is 4.97. The zero-order valence-corrected chi connectivity index (χ0v) is 10.8. The monoisotopic (exact) mass is 269 g/mol. The molecule has 0 spiro atoms. The van der Waals surface area contributed by atoms with E-state index in [-0.39, 0.29) is 11.7 Å². The summed E-state index contributed by atoms with van der Waals surface area (Å²) in [4.78, 5) is 12.2. The molecule has 0 heterocycles. The summed E-state index contributed by atoms with van der Waals surface area (Å²) in [5.41, 5.74) is 2.39. The van der Waals surface area contributed by atoms with E-state index in [4.69, 9.17) is 0 Å². The summed E-state index contributed by atoms with van der Waals surface area (Å²) in [7, 11) is 0. The fourth-order valence-electron chi connectivity index (χ4n) is 2.62. The number of carbonyl (C=O) groups excluding carboxylic acids is 1. The topological polar surface area (TPSA) is 69.6 Å². The molecule has 0 bridgehead atoms. The molecular weight excluding hydrogens is 254 g/mol. The lowest BCUT2D eigenvalue weighted by Gasteiger charge is -2.18. The van der Waals surface area contributed by atoms with Crippen molar-refractivity contribution in [2.24, 2.45) is 0 Å². The van der Waals surface area contributed by atoms with Crippen molar-refractivity contribution in [2.75, 3.05) is 0 Å². The Morgan fingerprint density at radius 3 is 2.75 bits per heavy atom. The Kier molecular flexibility index (Phi) is 3.16. The maximum atomic E-state index is 12.2. The quantitative estimate of drug-likeness (QED) is 0.778. The number of benzene rings is 2. The average Bonchev–Trinajstić information content (AvgIpc) is 2.75. The SMILES string of the molecule is O=C(N[C@@H]1c2ccccc2C[C@@H]1O)c1cccc(O)c1. The summed E-state index contributed by atoms with van der Waals surface area (Å²) in [6.45, 7) is 0. The average molecular weight is 269 g/mol. The summed E-state index contributed by atoms with van der Waals surface area (Å²) < 4.78 is 0. The van der Waals surface area contributed by atoms with Gasteiger partial charge in [-0.25, -0.2) is 0 Å². The van der Waals surface area contributed by atoms with Gasteiger partial charge >= 0.3 is 0 Å². The first-order chi connectivity index (χ1) is 9.65. The number of phenolic OH excluding ortho intramolecular Hbond substituents is 1.